The number of hydrogen-bond acceptors (Lipinski definition) is 4. The second kappa shape index (κ2) is 6.23. The highest BCUT2D eigenvalue weighted by Crippen LogP contribution is 2.27. The molecule has 0 amide bonds. The molecule has 0 saturated carbocycles. The number of ether oxygens (including phenoxy) is 1. The minimum atomic E-state index is 0.211. The zero-order valence-corrected chi connectivity index (χ0v) is 9.94. The van der Waals surface area contributed by atoms with Crippen molar-refractivity contribution in [2.45, 2.75) is 13.3 Å². The summed E-state index contributed by atoms with van der Waals surface area (Å²) in [5.41, 5.74) is 7.47. The van der Waals surface area contributed by atoms with E-state index < -0.39 is 0 Å². The summed E-state index contributed by atoms with van der Waals surface area (Å²) in [6, 6.07) is 5.74. The van der Waals surface area contributed by atoms with Gasteiger partial charge in [0.15, 0.2) is 0 Å². The first-order valence-corrected chi connectivity index (χ1v) is 5.52. The van der Waals surface area contributed by atoms with E-state index >= 15 is 0 Å². The van der Waals surface area contributed by atoms with Gasteiger partial charge in [-0.15, -0.1) is 0 Å². The maximum atomic E-state index is 8.83. The largest absolute Gasteiger partial charge is 0.495 e. The Balaban J connectivity index is 2.83. The van der Waals surface area contributed by atoms with Crippen molar-refractivity contribution < 1.29 is 9.84 Å². The smallest absolute Gasteiger partial charge is 0.143 e. The average molecular weight is 224 g/mol. The number of nitrogens with two attached hydrogens (primary N) is 1. The van der Waals surface area contributed by atoms with E-state index in [1.54, 1.807) is 7.11 Å². The van der Waals surface area contributed by atoms with Crippen LogP contribution in [-0.2, 0) is 0 Å². The second-order valence-electron chi connectivity index (χ2n) is 3.58. The van der Waals surface area contributed by atoms with Crippen molar-refractivity contribution in [3.63, 3.8) is 0 Å². The number of aliphatic hydroxyl groups is 1. The maximum Gasteiger partial charge on any atom is 0.143 e. The molecule has 0 saturated heterocycles. The maximum absolute atomic E-state index is 8.83. The summed E-state index contributed by atoms with van der Waals surface area (Å²) in [5.74, 6) is 0.694. The van der Waals surface area contributed by atoms with Gasteiger partial charge in [0, 0.05) is 31.5 Å². The van der Waals surface area contributed by atoms with Crippen LogP contribution in [0.2, 0.25) is 0 Å². The number of rotatable bonds is 6. The fourth-order valence-electron chi connectivity index (χ4n) is 1.63. The molecule has 4 heteroatoms. The molecule has 4 nitrogen and oxygen atoms in total. The predicted octanol–water partition coefficient (Wildman–Crippen LogP) is 1.49. The Morgan fingerprint density at radius 2 is 2.19 bits per heavy atom. The van der Waals surface area contributed by atoms with Gasteiger partial charge < -0.3 is 20.5 Å². The number of nitrogen functional groups attached to an aromatic ring is 1. The number of aliphatic hydroxyl groups excluding tert-OH is 1. The Hall–Kier alpha value is -1.42. The normalized spacial score (nSPS) is 10.2. The summed E-state index contributed by atoms with van der Waals surface area (Å²) in [5, 5.41) is 8.83. The Morgan fingerprint density at radius 1 is 1.44 bits per heavy atom. The van der Waals surface area contributed by atoms with E-state index in [-0.39, 0.29) is 6.61 Å². The van der Waals surface area contributed by atoms with Crippen molar-refractivity contribution in [3.8, 4) is 5.75 Å². The summed E-state index contributed by atoms with van der Waals surface area (Å²) in [6.45, 7) is 4.02. The van der Waals surface area contributed by atoms with Gasteiger partial charge in [-0.05, 0) is 25.5 Å². The second-order valence-corrected chi connectivity index (χ2v) is 3.58. The van der Waals surface area contributed by atoms with E-state index in [1.165, 1.54) is 0 Å². The highest BCUT2D eigenvalue weighted by Gasteiger charge is 2.06. The van der Waals surface area contributed by atoms with Crippen LogP contribution in [0.5, 0.6) is 5.75 Å². The fourth-order valence-corrected chi connectivity index (χ4v) is 1.63. The van der Waals surface area contributed by atoms with Crippen molar-refractivity contribution in [1.82, 2.24) is 0 Å². The lowest BCUT2D eigenvalue weighted by Crippen LogP contribution is -2.24. The number of hydrogen-bond donors (Lipinski definition) is 2. The molecule has 90 valence electrons. The zero-order chi connectivity index (χ0) is 12.0. The van der Waals surface area contributed by atoms with E-state index in [1.807, 2.05) is 18.2 Å². The van der Waals surface area contributed by atoms with E-state index in [0.717, 1.165) is 25.2 Å². The topological polar surface area (TPSA) is 58.7 Å². The van der Waals surface area contributed by atoms with Gasteiger partial charge in [-0.1, -0.05) is 0 Å². The molecular weight excluding hydrogens is 204 g/mol. The number of methoxy groups -OCH3 is 1. The van der Waals surface area contributed by atoms with Crippen molar-refractivity contribution in [1.29, 1.82) is 0 Å². The summed E-state index contributed by atoms with van der Waals surface area (Å²) in [6.07, 6.45) is 0.764. The van der Waals surface area contributed by atoms with Crippen molar-refractivity contribution in [2.24, 2.45) is 0 Å². The van der Waals surface area contributed by atoms with Gasteiger partial charge in [-0.3, -0.25) is 0 Å². The van der Waals surface area contributed by atoms with Crippen LogP contribution in [0.1, 0.15) is 13.3 Å². The van der Waals surface area contributed by atoms with E-state index in [0.29, 0.717) is 11.4 Å². The van der Waals surface area contributed by atoms with Crippen LogP contribution in [0.15, 0.2) is 18.2 Å². The number of benzene rings is 1. The van der Waals surface area contributed by atoms with Gasteiger partial charge in [0.1, 0.15) is 5.75 Å². The van der Waals surface area contributed by atoms with Crippen LogP contribution >= 0.6 is 0 Å². The third-order valence-electron chi connectivity index (χ3n) is 2.55. The highest BCUT2D eigenvalue weighted by atomic mass is 16.5. The Morgan fingerprint density at radius 3 is 2.75 bits per heavy atom. The van der Waals surface area contributed by atoms with Crippen LogP contribution < -0.4 is 15.4 Å². The van der Waals surface area contributed by atoms with Gasteiger partial charge in [0.05, 0.1) is 12.8 Å². The molecule has 0 spiro atoms. The number of nitrogens with zero attached hydrogens (tertiary/aromatic N) is 1. The third-order valence-corrected chi connectivity index (χ3v) is 2.55. The quantitative estimate of drug-likeness (QED) is 0.719. The van der Waals surface area contributed by atoms with Gasteiger partial charge in [-0.2, -0.15) is 0 Å². The molecule has 0 heterocycles. The third kappa shape index (κ3) is 3.03. The fraction of sp³-hybridized carbons (Fsp3) is 0.500. The van der Waals surface area contributed by atoms with Crippen molar-refractivity contribution in [3.05, 3.63) is 18.2 Å². The van der Waals surface area contributed by atoms with Gasteiger partial charge in [-0.25, -0.2) is 0 Å². The van der Waals surface area contributed by atoms with Gasteiger partial charge in [0.25, 0.3) is 0 Å². The lowest BCUT2D eigenvalue weighted by molar-refractivity contribution is 0.289. The Bertz CT molecular complexity index is 329. The Labute approximate surface area is 96.6 Å². The summed E-state index contributed by atoms with van der Waals surface area (Å²) < 4.78 is 5.18. The molecule has 0 fully saturated rings. The first-order chi connectivity index (χ1) is 7.72. The Kier molecular flexibility index (Phi) is 4.92. The molecule has 0 aliphatic carbocycles. The molecule has 1 rings (SSSR count). The molecule has 0 unspecified atom stereocenters. The molecule has 0 atom stereocenters. The molecular formula is C12H20N2O2. The SMILES string of the molecule is CCN(CCCO)c1ccc(N)c(OC)c1. The van der Waals surface area contributed by atoms with E-state index in [9.17, 15) is 0 Å². The molecule has 0 aliphatic heterocycles. The van der Waals surface area contributed by atoms with Crippen molar-refractivity contribution >= 4 is 11.4 Å². The summed E-state index contributed by atoms with van der Waals surface area (Å²) in [7, 11) is 1.61. The molecule has 1 aromatic carbocycles. The van der Waals surface area contributed by atoms with Crippen LogP contribution in [0, 0.1) is 0 Å². The molecule has 0 radical (unpaired) electrons. The van der Waals surface area contributed by atoms with E-state index in [2.05, 4.69) is 11.8 Å². The first-order valence-electron chi connectivity index (χ1n) is 5.52. The molecule has 0 aromatic heterocycles. The average Bonchev–Trinajstić information content (AvgIpc) is 2.32. The van der Waals surface area contributed by atoms with Crippen molar-refractivity contribution in [2.75, 3.05) is 37.4 Å². The lowest BCUT2D eigenvalue weighted by Gasteiger charge is -2.23. The standard InChI is InChI=1S/C12H20N2O2/c1-3-14(7-4-8-15)10-5-6-11(13)12(9-10)16-2/h5-6,9,15H,3-4,7-8,13H2,1-2H3. The van der Waals surface area contributed by atoms with Gasteiger partial charge >= 0.3 is 0 Å². The van der Waals surface area contributed by atoms with Crippen LogP contribution in [0.4, 0.5) is 11.4 Å². The highest BCUT2D eigenvalue weighted by molar-refractivity contribution is 5.62. The van der Waals surface area contributed by atoms with E-state index in [4.69, 9.17) is 15.6 Å². The minimum absolute atomic E-state index is 0.211. The van der Waals surface area contributed by atoms with Gasteiger partial charge in [0.2, 0.25) is 0 Å². The molecule has 3 N–H and O–H groups in total. The predicted molar refractivity (Wildman–Crippen MR) is 67.0 cm³/mol. The van der Waals surface area contributed by atoms with Crippen LogP contribution in [-0.4, -0.2) is 31.9 Å². The lowest BCUT2D eigenvalue weighted by atomic mass is 10.2. The summed E-state index contributed by atoms with van der Waals surface area (Å²) in [4.78, 5) is 2.18. The minimum Gasteiger partial charge on any atom is -0.495 e. The summed E-state index contributed by atoms with van der Waals surface area (Å²) >= 11 is 0. The molecule has 16 heavy (non-hydrogen) atoms. The zero-order valence-electron chi connectivity index (χ0n) is 9.94. The number of anilines is 2. The molecule has 1 aromatic rings. The monoisotopic (exact) mass is 224 g/mol. The van der Waals surface area contributed by atoms with Crippen LogP contribution in [0.25, 0.3) is 0 Å². The van der Waals surface area contributed by atoms with Crippen LogP contribution in [0.3, 0.4) is 0 Å². The first kappa shape index (κ1) is 12.6. The molecule has 0 bridgehead atoms. The molecule has 0 aliphatic rings.